The van der Waals surface area contributed by atoms with Crippen LogP contribution >= 0.6 is 11.6 Å². The number of hydrogen-bond acceptors (Lipinski definition) is 6. The second-order valence-corrected chi connectivity index (χ2v) is 9.66. The molecular formula is C24H31ClFN5O2. The van der Waals surface area contributed by atoms with Crippen molar-refractivity contribution in [2.75, 3.05) is 37.6 Å². The van der Waals surface area contributed by atoms with Gasteiger partial charge in [-0.3, -0.25) is 4.79 Å². The Hall–Kier alpha value is -2.29. The van der Waals surface area contributed by atoms with Crippen molar-refractivity contribution >= 4 is 23.3 Å². The minimum atomic E-state index is -0.548. The minimum absolute atomic E-state index is 0.0266. The summed E-state index contributed by atoms with van der Waals surface area (Å²) < 4.78 is 14.1. The molecule has 7 nitrogen and oxygen atoms in total. The van der Waals surface area contributed by atoms with Crippen LogP contribution in [0.4, 0.5) is 10.2 Å². The summed E-state index contributed by atoms with van der Waals surface area (Å²) in [5.74, 6) is 0.00627. The maximum atomic E-state index is 14.1. The molecule has 0 radical (unpaired) electrons. The Bertz CT molecular complexity index is 1010. The highest BCUT2D eigenvalue weighted by Crippen LogP contribution is 2.42. The van der Waals surface area contributed by atoms with Crippen molar-refractivity contribution in [3.8, 4) is 0 Å². The fourth-order valence-corrected chi connectivity index (χ4v) is 4.86. The summed E-state index contributed by atoms with van der Waals surface area (Å²) in [5, 5.41) is 13.6. The van der Waals surface area contributed by atoms with Crippen LogP contribution in [0.15, 0.2) is 24.5 Å². The molecule has 1 aromatic heterocycles. The van der Waals surface area contributed by atoms with E-state index in [0.717, 1.165) is 17.1 Å². The monoisotopic (exact) mass is 475 g/mol. The zero-order valence-corrected chi connectivity index (χ0v) is 20.0. The van der Waals surface area contributed by atoms with Crippen LogP contribution < -0.4 is 10.2 Å². The lowest BCUT2D eigenvalue weighted by Crippen LogP contribution is -2.51. The Morgan fingerprint density at radius 1 is 1.27 bits per heavy atom. The van der Waals surface area contributed by atoms with Crippen LogP contribution in [0.1, 0.15) is 62.0 Å². The lowest BCUT2D eigenvalue weighted by atomic mass is 9.96. The predicted molar refractivity (Wildman–Crippen MR) is 126 cm³/mol. The van der Waals surface area contributed by atoms with E-state index in [9.17, 15) is 14.3 Å². The van der Waals surface area contributed by atoms with Crippen LogP contribution in [0.25, 0.3) is 0 Å². The Kier molecular flexibility index (Phi) is 7.16. The average Bonchev–Trinajstić information content (AvgIpc) is 3.09. The number of halogens is 2. The molecule has 33 heavy (non-hydrogen) atoms. The lowest BCUT2D eigenvalue weighted by Gasteiger charge is -2.38. The molecule has 2 aliphatic rings. The molecule has 178 valence electrons. The molecule has 2 aromatic rings. The van der Waals surface area contributed by atoms with Crippen LogP contribution in [0.3, 0.4) is 0 Å². The van der Waals surface area contributed by atoms with Crippen molar-refractivity contribution in [1.82, 2.24) is 20.2 Å². The van der Waals surface area contributed by atoms with E-state index in [1.807, 2.05) is 18.7 Å². The summed E-state index contributed by atoms with van der Waals surface area (Å²) in [6.45, 7) is 8.90. The molecule has 1 amide bonds. The van der Waals surface area contributed by atoms with Crippen molar-refractivity contribution in [1.29, 1.82) is 0 Å². The van der Waals surface area contributed by atoms with Crippen molar-refractivity contribution in [3.05, 3.63) is 52.2 Å². The molecule has 0 saturated carbocycles. The van der Waals surface area contributed by atoms with E-state index in [1.165, 1.54) is 18.5 Å². The molecule has 1 saturated heterocycles. The van der Waals surface area contributed by atoms with Gasteiger partial charge in [-0.25, -0.2) is 14.4 Å². The zero-order valence-electron chi connectivity index (χ0n) is 19.3. The van der Waals surface area contributed by atoms with Gasteiger partial charge in [0.25, 0.3) is 0 Å². The van der Waals surface area contributed by atoms with Crippen LogP contribution in [-0.2, 0) is 4.79 Å². The Morgan fingerprint density at radius 3 is 2.67 bits per heavy atom. The number of nitrogens with one attached hydrogen (secondary N) is 1. The molecule has 1 aliphatic heterocycles. The summed E-state index contributed by atoms with van der Waals surface area (Å²) in [4.78, 5) is 26.3. The summed E-state index contributed by atoms with van der Waals surface area (Å²) in [6.07, 6.45) is 1.62. The highest BCUT2D eigenvalue weighted by atomic mass is 35.5. The first-order chi connectivity index (χ1) is 15.8. The number of hydrogen-bond donors (Lipinski definition) is 2. The fraction of sp³-hybridized carbons (Fsp3) is 0.542. The number of piperazine rings is 1. The van der Waals surface area contributed by atoms with Gasteiger partial charge in [0.05, 0.1) is 22.7 Å². The molecule has 0 spiro atoms. The van der Waals surface area contributed by atoms with Crippen molar-refractivity contribution in [3.63, 3.8) is 0 Å². The van der Waals surface area contributed by atoms with E-state index in [-0.39, 0.29) is 22.9 Å². The van der Waals surface area contributed by atoms with Gasteiger partial charge in [0.2, 0.25) is 5.91 Å². The first kappa shape index (κ1) is 23.9. The first-order valence-electron chi connectivity index (χ1n) is 11.5. The summed E-state index contributed by atoms with van der Waals surface area (Å²) in [6, 6.07) is 4.79. The SMILES string of the molecule is CC(C)NCC(C(=O)N1CCN(c2ncnc3c2[C@H](C)C[C@H]3O)CC1)c1ccc(Cl)c(F)c1. The number of rotatable bonds is 6. The topological polar surface area (TPSA) is 81.6 Å². The van der Waals surface area contributed by atoms with Gasteiger partial charge < -0.3 is 20.2 Å². The van der Waals surface area contributed by atoms with Crippen molar-refractivity contribution in [2.45, 2.75) is 51.2 Å². The summed E-state index contributed by atoms with van der Waals surface area (Å²) >= 11 is 5.86. The molecule has 1 aliphatic carbocycles. The minimum Gasteiger partial charge on any atom is -0.387 e. The van der Waals surface area contributed by atoms with Crippen LogP contribution in [-0.4, -0.2) is 64.6 Å². The molecule has 1 unspecified atom stereocenters. The second-order valence-electron chi connectivity index (χ2n) is 9.25. The Labute approximate surface area is 199 Å². The van der Waals surface area contributed by atoms with E-state index in [2.05, 4.69) is 27.1 Å². The molecule has 1 fully saturated rings. The number of benzene rings is 1. The standard InChI is InChI=1S/C24H31ClFN5O2/c1-14(2)27-12-17(16-4-5-18(25)19(26)11-16)24(33)31-8-6-30(7-9-31)23-21-15(3)10-20(32)22(21)28-13-29-23/h4-5,11,13-15,17,20,27,32H,6-10,12H2,1-3H3/t15-,17?,20-/m1/s1. The predicted octanol–water partition coefficient (Wildman–Crippen LogP) is 3.24. The quantitative estimate of drug-likeness (QED) is 0.667. The van der Waals surface area contributed by atoms with E-state index in [4.69, 9.17) is 11.6 Å². The average molecular weight is 476 g/mol. The number of aromatic nitrogens is 2. The van der Waals surface area contributed by atoms with Crippen LogP contribution in [0, 0.1) is 5.82 Å². The third kappa shape index (κ3) is 4.98. The number of anilines is 1. The van der Waals surface area contributed by atoms with Gasteiger partial charge in [0.1, 0.15) is 18.0 Å². The third-order valence-electron chi connectivity index (χ3n) is 6.54. The van der Waals surface area contributed by atoms with Crippen molar-refractivity contribution < 1.29 is 14.3 Å². The number of nitrogens with zero attached hydrogens (tertiary/aromatic N) is 4. The Balaban J connectivity index is 1.49. The molecule has 0 bridgehead atoms. The normalized spacial score (nSPS) is 21.4. The highest BCUT2D eigenvalue weighted by Gasteiger charge is 2.35. The van der Waals surface area contributed by atoms with Crippen LogP contribution in [0.2, 0.25) is 5.02 Å². The number of fused-ring (bicyclic) bond motifs is 1. The molecular weight excluding hydrogens is 445 g/mol. The number of aliphatic hydroxyl groups is 1. The largest absolute Gasteiger partial charge is 0.387 e. The lowest BCUT2D eigenvalue weighted by molar-refractivity contribution is -0.133. The van der Waals surface area contributed by atoms with Gasteiger partial charge >= 0.3 is 0 Å². The second kappa shape index (κ2) is 9.91. The van der Waals surface area contributed by atoms with Gasteiger partial charge in [-0.15, -0.1) is 0 Å². The van der Waals surface area contributed by atoms with Gasteiger partial charge in [-0.2, -0.15) is 0 Å². The summed E-state index contributed by atoms with van der Waals surface area (Å²) in [5.41, 5.74) is 2.35. The van der Waals surface area contributed by atoms with Gasteiger partial charge in [-0.05, 0) is 30.0 Å². The van der Waals surface area contributed by atoms with E-state index in [1.54, 1.807) is 6.07 Å². The number of carbonyl (C=O) groups excluding carboxylic acids is 1. The van der Waals surface area contributed by atoms with Gasteiger partial charge in [-0.1, -0.05) is 38.4 Å². The number of aliphatic hydroxyl groups excluding tert-OH is 1. The van der Waals surface area contributed by atoms with E-state index >= 15 is 0 Å². The molecule has 1 aromatic carbocycles. The fourth-order valence-electron chi connectivity index (χ4n) is 4.74. The Morgan fingerprint density at radius 2 is 2.00 bits per heavy atom. The molecule has 4 rings (SSSR count). The highest BCUT2D eigenvalue weighted by molar-refractivity contribution is 6.30. The van der Waals surface area contributed by atoms with Gasteiger partial charge in [0, 0.05) is 44.3 Å². The zero-order chi connectivity index (χ0) is 23.7. The molecule has 2 heterocycles. The van der Waals surface area contributed by atoms with Gasteiger partial charge in [0.15, 0.2) is 0 Å². The van der Waals surface area contributed by atoms with Crippen molar-refractivity contribution in [2.24, 2.45) is 0 Å². The molecule has 9 heteroatoms. The van der Waals surface area contributed by atoms with E-state index < -0.39 is 17.8 Å². The number of amides is 1. The first-order valence-corrected chi connectivity index (χ1v) is 11.9. The summed E-state index contributed by atoms with van der Waals surface area (Å²) in [7, 11) is 0. The van der Waals surface area contributed by atoms with Crippen LogP contribution in [0.5, 0.6) is 0 Å². The molecule has 2 N–H and O–H groups in total. The maximum Gasteiger partial charge on any atom is 0.231 e. The molecule has 3 atom stereocenters. The van der Waals surface area contributed by atoms with E-state index in [0.29, 0.717) is 44.7 Å². The maximum absolute atomic E-state index is 14.1. The number of carbonyl (C=O) groups is 1. The third-order valence-corrected chi connectivity index (χ3v) is 6.85. The smallest absolute Gasteiger partial charge is 0.231 e.